The third kappa shape index (κ3) is 2.82. The van der Waals surface area contributed by atoms with Gasteiger partial charge in [0, 0.05) is 6.08 Å². The molecule has 1 atom stereocenters. The fourth-order valence-corrected chi connectivity index (χ4v) is 1.09. The number of carboxylic acids is 2. The third-order valence-electron chi connectivity index (χ3n) is 1.69. The Morgan fingerprint density at radius 1 is 1.29 bits per heavy atom. The van der Waals surface area contributed by atoms with E-state index in [9.17, 15) is 9.59 Å². The number of hydrogen-bond donors (Lipinski definition) is 2. The van der Waals surface area contributed by atoms with Gasteiger partial charge in [-0.05, 0) is 0 Å². The van der Waals surface area contributed by atoms with Crippen LogP contribution in [-0.4, -0.2) is 48.1 Å². The Bertz CT molecular complexity index is 263. The number of aliphatic carboxylic acids is 2. The maximum atomic E-state index is 10.7. The zero-order valence-corrected chi connectivity index (χ0v) is 7.30. The lowest BCUT2D eigenvalue weighted by Gasteiger charge is -2.22. The van der Waals surface area contributed by atoms with E-state index in [1.165, 1.54) is 0 Å². The minimum atomic E-state index is -1.31. The Hall–Kier alpha value is -1.40. The number of carbonyl (C=O) groups is 2. The van der Waals surface area contributed by atoms with Crippen molar-refractivity contribution < 1.29 is 29.3 Å². The summed E-state index contributed by atoms with van der Waals surface area (Å²) in [5, 5.41) is 17.1. The minimum Gasteiger partial charge on any atom is -0.478 e. The highest BCUT2D eigenvalue weighted by molar-refractivity contribution is 5.95. The summed E-state index contributed by atoms with van der Waals surface area (Å²) < 4.78 is 10.0. The van der Waals surface area contributed by atoms with E-state index >= 15 is 0 Å². The number of carboxylic acid groups (broad SMARTS) is 2. The lowest BCUT2D eigenvalue weighted by atomic mass is 10.1. The van der Waals surface area contributed by atoms with Crippen molar-refractivity contribution in [1.82, 2.24) is 0 Å². The zero-order valence-electron chi connectivity index (χ0n) is 7.30. The first-order chi connectivity index (χ1) is 6.61. The van der Waals surface area contributed by atoms with E-state index in [-0.39, 0.29) is 18.8 Å². The molecule has 2 N–H and O–H groups in total. The van der Waals surface area contributed by atoms with Crippen LogP contribution < -0.4 is 0 Å². The van der Waals surface area contributed by atoms with Crippen LogP contribution in [0, 0.1) is 0 Å². The molecule has 1 unspecified atom stereocenters. The largest absolute Gasteiger partial charge is 0.478 e. The topological polar surface area (TPSA) is 93.1 Å². The van der Waals surface area contributed by atoms with Gasteiger partial charge in [0.15, 0.2) is 0 Å². The molecule has 0 amide bonds. The molecule has 0 spiro atoms. The average Bonchev–Trinajstić information content (AvgIpc) is 2.15. The molecule has 0 aliphatic carbocycles. The number of rotatable bonds is 3. The molecule has 0 saturated carbocycles. The van der Waals surface area contributed by atoms with E-state index in [0.717, 1.165) is 0 Å². The summed E-state index contributed by atoms with van der Waals surface area (Å²) in [7, 11) is 0. The van der Waals surface area contributed by atoms with E-state index in [0.29, 0.717) is 12.7 Å². The molecule has 6 heteroatoms. The van der Waals surface area contributed by atoms with Crippen molar-refractivity contribution in [2.45, 2.75) is 6.10 Å². The van der Waals surface area contributed by atoms with Crippen molar-refractivity contribution in [3.05, 3.63) is 11.6 Å². The quantitative estimate of drug-likeness (QED) is 0.599. The van der Waals surface area contributed by atoms with E-state index in [1.807, 2.05) is 0 Å². The molecule has 0 aromatic carbocycles. The van der Waals surface area contributed by atoms with Crippen molar-refractivity contribution in [1.29, 1.82) is 0 Å². The Kier molecular flexibility index (Phi) is 3.61. The van der Waals surface area contributed by atoms with Gasteiger partial charge in [-0.2, -0.15) is 0 Å². The third-order valence-corrected chi connectivity index (χ3v) is 1.69. The first-order valence-corrected chi connectivity index (χ1v) is 3.98. The first-order valence-electron chi connectivity index (χ1n) is 3.98. The van der Waals surface area contributed by atoms with Gasteiger partial charge in [0.25, 0.3) is 0 Å². The van der Waals surface area contributed by atoms with Gasteiger partial charge in [0.1, 0.15) is 6.10 Å². The van der Waals surface area contributed by atoms with Crippen LogP contribution in [0.3, 0.4) is 0 Å². The molecular formula is C8H10O6. The van der Waals surface area contributed by atoms with Gasteiger partial charge < -0.3 is 19.7 Å². The molecule has 0 aromatic rings. The smallest absolute Gasteiger partial charge is 0.334 e. The zero-order chi connectivity index (χ0) is 10.6. The summed E-state index contributed by atoms with van der Waals surface area (Å²) in [6.45, 7) is 0.747. The van der Waals surface area contributed by atoms with Crippen molar-refractivity contribution in [3.63, 3.8) is 0 Å². The molecule has 0 aromatic heterocycles. The van der Waals surface area contributed by atoms with Crippen LogP contribution in [0.15, 0.2) is 11.6 Å². The molecule has 0 radical (unpaired) electrons. The summed E-state index contributed by atoms with van der Waals surface area (Å²) in [5.74, 6) is -2.61. The monoisotopic (exact) mass is 202 g/mol. The van der Waals surface area contributed by atoms with Gasteiger partial charge in [-0.25, -0.2) is 9.59 Å². The fraction of sp³-hybridized carbons (Fsp3) is 0.500. The van der Waals surface area contributed by atoms with Crippen LogP contribution in [0.2, 0.25) is 0 Å². The molecule has 1 aliphatic rings. The van der Waals surface area contributed by atoms with Gasteiger partial charge in [-0.15, -0.1) is 0 Å². The SMILES string of the molecule is O=C(O)/C=C(\C(=O)O)C1COCCO1. The number of hydrogen-bond acceptors (Lipinski definition) is 4. The van der Waals surface area contributed by atoms with Crippen LogP contribution in [-0.2, 0) is 19.1 Å². The fourth-order valence-electron chi connectivity index (χ4n) is 1.09. The maximum absolute atomic E-state index is 10.7. The molecular weight excluding hydrogens is 192 g/mol. The number of ether oxygens (including phenoxy) is 2. The maximum Gasteiger partial charge on any atom is 0.334 e. The molecule has 1 rings (SSSR count). The summed E-state index contributed by atoms with van der Waals surface area (Å²) in [5.41, 5.74) is -0.294. The summed E-state index contributed by atoms with van der Waals surface area (Å²) >= 11 is 0. The minimum absolute atomic E-state index is 0.0748. The lowest BCUT2D eigenvalue weighted by Crippen LogP contribution is -2.33. The highest BCUT2D eigenvalue weighted by Gasteiger charge is 2.25. The van der Waals surface area contributed by atoms with Crippen molar-refractivity contribution in [3.8, 4) is 0 Å². The highest BCUT2D eigenvalue weighted by atomic mass is 16.6. The summed E-state index contributed by atoms with van der Waals surface area (Å²) in [6.07, 6.45) is -0.167. The van der Waals surface area contributed by atoms with Gasteiger partial charge in [-0.3, -0.25) is 0 Å². The Morgan fingerprint density at radius 3 is 2.43 bits per heavy atom. The molecule has 1 heterocycles. The Labute approximate surface area is 79.7 Å². The second kappa shape index (κ2) is 4.73. The molecule has 0 bridgehead atoms. The van der Waals surface area contributed by atoms with Crippen molar-refractivity contribution >= 4 is 11.9 Å². The second-order valence-electron chi connectivity index (χ2n) is 2.68. The average molecular weight is 202 g/mol. The van der Waals surface area contributed by atoms with Gasteiger partial charge >= 0.3 is 11.9 Å². The van der Waals surface area contributed by atoms with Crippen molar-refractivity contribution in [2.24, 2.45) is 0 Å². The normalized spacial score (nSPS) is 23.1. The molecule has 1 aliphatic heterocycles. The van der Waals surface area contributed by atoms with Crippen molar-refractivity contribution in [2.75, 3.05) is 19.8 Å². The van der Waals surface area contributed by atoms with Crippen LogP contribution >= 0.6 is 0 Å². The molecule has 6 nitrogen and oxygen atoms in total. The van der Waals surface area contributed by atoms with Gasteiger partial charge in [0.2, 0.25) is 0 Å². The van der Waals surface area contributed by atoms with Crippen LogP contribution in [0.5, 0.6) is 0 Å². The van der Waals surface area contributed by atoms with E-state index in [2.05, 4.69) is 0 Å². The second-order valence-corrected chi connectivity index (χ2v) is 2.68. The first kappa shape index (κ1) is 10.7. The predicted molar refractivity (Wildman–Crippen MR) is 43.9 cm³/mol. The Balaban J connectivity index is 2.76. The van der Waals surface area contributed by atoms with Gasteiger partial charge in [-0.1, -0.05) is 0 Å². The molecule has 1 saturated heterocycles. The van der Waals surface area contributed by atoms with E-state index in [1.54, 1.807) is 0 Å². The van der Waals surface area contributed by atoms with E-state index in [4.69, 9.17) is 19.7 Å². The van der Waals surface area contributed by atoms with Crippen LogP contribution in [0.4, 0.5) is 0 Å². The molecule has 1 fully saturated rings. The van der Waals surface area contributed by atoms with Gasteiger partial charge in [0.05, 0.1) is 25.4 Å². The molecule has 14 heavy (non-hydrogen) atoms. The molecule has 78 valence electrons. The highest BCUT2D eigenvalue weighted by Crippen LogP contribution is 2.11. The van der Waals surface area contributed by atoms with E-state index < -0.39 is 18.0 Å². The Morgan fingerprint density at radius 2 is 2.00 bits per heavy atom. The lowest BCUT2D eigenvalue weighted by molar-refractivity contribution is -0.139. The summed E-state index contributed by atoms with van der Waals surface area (Å²) in [6, 6.07) is 0. The summed E-state index contributed by atoms with van der Waals surface area (Å²) in [4.78, 5) is 21.0. The standard InChI is InChI=1S/C8H10O6/c9-7(10)3-5(8(11)12)6-4-13-1-2-14-6/h3,6H,1-2,4H2,(H,9,10)(H,11,12)/b5-3-. The van der Waals surface area contributed by atoms with Crippen LogP contribution in [0.1, 0.15) is 0 Å². The predicted octanol–water partition coefficient (Wildman–Crippen LogP) is -0.503. The van der Waals surface area contributed by atoms with Crippen LogP contribution in [0.25, 0.3) is 0 Å².